The summed E-state index contributed by atoms with van der Waals surface area (Å²) < 4.78 is 41.5. The van der Waals surface area contributed by atoms with Crippen molar-refractivity contribution in [3.8, 4) is 0 Å². The molecule has 1 atom stereocenters. The predicted molar refractivity (Wildman–Crippen MR) is 70.3 cm³/mol. The molecule has 1 aromatic rings. The summed E-state index contributed by atoms with van der Waals surface area (Å²) in [7, 11) is -3.37. The van der Waals surface area contributed by atoms with Crippen LogP contribution in [0.4, 0.5) is 4.39 Å². The predicted octanol–water partition coefficient (Wildman–Crippen LogP) is 3.30. The van der Waals surface area contributed by atoms with E-state index < -0.39 is 25.5 Å². The topological polar surface area (TPSA) is 61.8 Å². The smallest absolute Gasteiger partial charge is 0.342 e. The molecule has 0 radical (unpaired) electrons. The van der Waals surface area contributed by atoms with Crippen LogP contribution in [0.25, 0.3) is 0 Å². The first-order chi connectivity index (χ1) is 9.50. The molecule has 0 aromatic heterocycles. The van der Waals surface area contributed by atoms with Crippen molar-refractivity contribution in [3.05, 3.63) is 35.1 Å². The number of ether oxygens (including phenoxy) is 1. The summed E-state index contributed by atoms with van der Waals surface area (Å²) in [5.74, 6) is -1.39. The van der Waals surface area contributed by atoms with E-state index in [2.05, 4.69) is 0 Å². The molecule has 0 saturated carbocycles. The molecule has 1 aliphatic rings. The van der Waals surface area contributed by atoms with Gasteiger partial charge in [0.1, 0.15) is 17.5 Å². The number of hydrogen-bond donors (Lipinski definition) is 0. The molecule has 1 aromatic carbocycles. The molecule has 0 fully saturated rings. The van der Waals surface area contributed by atoms with E-state index in [9.17, 15) is 13.8 Å². The van der Waals surface area contributed by atoms with Gasteiger partial charge in [-0.3, -0.25) is 4.57 Å². The molecule has 0 spiro atoms. The Morgan fingerprint density at radius 1 is 1.30 bits per heavy atom. The number of cyclic esters (lactones) is 1. The van der Waals surface area contributed by atoms with Crippen molar-refractivity contribution in [3.63, 3.8) is 0 Å². The summed E-state index contributed by atoms with van der Waals surface area (Å²) in [6.45, 7) is 3.82. The molecule has 2 rings (SSSR count). The van der Waals surface area contributed by atoms with Crippen molar-refractivity contribution in [2.24, 2.45) is 0 Å². The summed E-state index contributed by atoms with van der Waals surface area (Å²) in [4.78, 5) is 11.7. The third-order valence-corrected chi connectivity index (χ3v) is 4.97. The van der Waals surface area contributed by atoms with Crippen LogP contribution in [0.2, 0.25) is 0 Å². The molecular formula is C13H16FO5P. The van der Waals surface area contributed by atoms with Gasteiger partial charge in [0.05, 0.1) is 19.4 Å². The number of hydrogen-bond acceptors (Lipinski definition) is 5. The van der Waals surface area contributed by atoms with E-state index >= 15 is 0 Å². The third kappa shape index (κ3) is 2.92. The van der Waals surface area contributed by atoms with E-state index in [1.165, 1.54) is 12.1 Å². The van der Waals surface area contributed by atoms with Gasteiger partial charge >= 0.3 is 13.6 Å². The summed E-state index contributed by atoms with van der Waals surface area (Å²) in [5.41, 5.74) is 0.284. The maximum atomic E-state index is 13.6. The fourth-order valence-electron chi connectivity index (χ4n) is 2.15. The van der Waals surface area contributed by atoms with Gasteiger partial charge in [-0.25, -0.2) is 9.18 Å². The van der Waals surface area contributed by atoms with Crippen molar-refractivity contribution in [1.29, 1.82) is 0 Å². The first-order valence-corrected chi connectivity index (χ1v) is 8.11. The molecule has 5 nitrogen and oxygen atoms in total. The minimum absolute atomic E-state index is 0.1000. The standard InChI is InChI=1S/C13H16FO5P/c1-3-17-20(16,18-4-2)8-11-9-6-5-7-10(14)12(9)13(15)19-11/h5-7,11H,3-4,8H2,1-2H3. The minimum atomic E-state index is -3.37. The van der Waals surface area contributed by atoms with Crippen LogP contribution in [-0.4, -0.2) is 25.3 Å². The van der Waals surface area contributed by atoms with Gasteiger partial charge in [0.2, 0.25) is 0 Å². The van der Waals surface area contributed by atoms with Gasteiger partial charge in [-0.2, -0.15) is 0 Å². The van der Waals surface area contributed by atoms with Crippen molar-refractivity contribution in [2.75, 3.05) is 19.4 Å². The van der Waals surface area contributed by atoms with Crippen molar-refractivity contribution in [1.82, 2.24) is 0 Å². The lowest BCUT2D eigenvalue weighted by atomic mass is 10.1. The zero-order valence-electron chi connectivity index (χ0n) is 11.3. The number of carbonyl (C=O) groups excluding carboxylic acids is 1. The van der Waals surface area contributed by atoms with Gasteiger partial charge in [-0.15, -0.1) is 0 Å². The zero-order chi connectivity index (χ0) is 14.8. The zero-order valence-corrected chi connectivity index (χ0v) is 12.2. The Labute approximate surface area is 116 Å². The molecule has 0 aliphatic carbocycles. The summed E-state index contributed by atoms with van der Waals surface area (Å²) in [6, 6.07) is 4.25. The van der Waals surface area contributed by atoms with Crippen LogP contribution in [0.15, 0.2) is 18.2 Å². The van der Waals surface area contributed by atoms with E-state index in [0.29, 0.717) is 5.56 Å². The normalized spacial score (nSPS) is 17.9. The van der Waals surface area contributed by atoms with Crippen LogP contribution in [-0.2, 0) is 18.3 Å². The molecule has 7 heteroatoms. The number of benzene rings is 1. The Bertz CT molecular complexity index is 550. The van der Waals surface area contributed by atoms with Gasteiger partial charge < -0.3 is 13.8 Å². The number of esters is 1. The summed E-state index contributed by atoms with van der Waals surface area (Å²) in [6.07, 6.45) is -0.922. The SMILES string of the molecule is CCOP(=O)(CC1OC(=O)c2c(F)cccc21)OCC. The van der Waals surface area contributed by atoms with Crippen molar-refractivity contribution in [2.45, 2.75) is 20.0 Å². The first kappa shape index (κ1) is 15.2. The van der Waals surface area contributed by atoms with Crippen molar-refractivity contribution < 1.29 is 27.5 Å². The molecule has 0 amide bonds. The molecular weight excluding hydrogens is 286 g/mol. The minimum Gasteiger partial charge on any atom is -0.453 e. The lowest BCUT2D eigenvalue weighted by molar-refractivity contribution is 0.0412. The third-order valence-electron chi connectivity index (χ3n) is 2.89. The molecule has 110 valence electrons. The van der Waals surface area contributed by atoms with Crippen LogP contribution in [0, 0.1) is 5.82 Å². The quantitative estimate of drug-likeness (QED) is 0.596. The van der Waals surface area contributed by atoms with E-state index in [1.54, 1.807) is 19.9 Å². The van der Waals surface area contributed by atoms with E-state index in [4.69, 9.17) is 13.8 Å². The molecule has 0 saturated heterocycles. The highest BCUT2D eigenvalue weighted by molar-refractivity contribution is 7.53. The monoisotopic (exact) mass is 302 g/mol. The Morgan fingerprint density at radius 2 is 1.95 bits per heavy atom. The van der Waals surface area contributed by atoms with Crippen LogP contribution < -0.4 is 0 Å². The van der Waals surface area contributed by atoms with Gasteiger partial charge in [0.25, 0.3) is 0 Å². The van der Waals surface area contributed by atoms with Crippen LogP contribution in [0.1, 0.15) is 35.9 Å². The average molecular weight is 302 g/mol. The number of fused-ring (bicyclic) bond motifs is 1. The van der Waals surface area contributed by atoms with Crippen LogP contribution in [0.5, 0.6) is 0 Å². The van der Waals surface area contributed by atoms with E-state index in [-0.39, 0.29) is 24.9 Å². The highest BCUT2D eigenvalue weighted by Crippen LogP contribution is 2.53. The Morgan fingerprint density at radius 3 is 2.55 bits per heavy atom. The lowest BCUT2D eigenvalue weighted by Crippen LogP contribution is -2.09. The maximum absolute atomic E-state index is 13.6. The van der Waals surface area contributed by atoms with Crippen LogP contribution in [0.3, 0.4) is 0 Å². The van der Waals surface area contributed by atoms with Gasteiger partial charge in [0, 0.05) is 5.56 Å². The Hall–Kier alpha value is -1.23. The van der Waals surface area contributed by atoms with E-state index in [1.807, 2.05) is 0 Å². The highest BCUT2D eigenvalue weighted by Gasteiger charge is 2.39. The number of halogens is 1. The number of carbonyl (C=O) groups is 1. The fraction of sp³-hybridized carbons (Fsp3) is 0.462. The number of rotatable bonds is 6. The summed E-state index contributed by atoms with van der Waals surface area (Å²) >= 11 is 0. The summed E-state index contributed by atoms with van der Waals surface area (Å²) in [5, 5.41) is 0. The second-order valence-corrected chi connectivity index (χ2v) is 6.33. The second-order valence-electron chi connectivity index (χ2n) is 4.23. The molecule has 1 aliphatic heterocycles. The maximum Gasteiger partial charge on any atom is 0.342 e. The molecule has 1 heterocycles. The van der Waals surface area contributed by atoms with Gasteiger partial charge in [-0.05, 0) is 19.9 Å². The first-order valence-electron chi connectivity index (χ1n) is 6.38. The lowest BCUT2D eigenvalue weighted by Gasteiger charge is -2.20. The highest BCUT2D eigenvalue weighted by atomic mass is 31.2. The molecule has 1 unspecified atom stereocenters. The largest absolute Gasteiger partial charge is 0.453 e. The Kier molecular flexibility index (Phi) is 4.58. The van der Waals surface area contributed by atoms with Crippen LogP contribution >= 0.6 is 7.60 Å². The van der Waals surface area contributed by atoms with Gasteiger partial charge in [-0.1, -0.05) is 12.1 Å². The van der Waals surface area contributed by atoms with E-state index in [0.717, 1.165) is 0 Å². The molecule has 20 heavy (non-hydrogen) atoms. The molecule has 0 N–H and O–H groups in total. The van der Waals surface area contributed by atoms with Gasteiger partial charge in [0.15, 0.2) is 0 Å². The average Bonchev–Trinajstić information content (AvgIpc) is 2.67. The van der Waals surface area contributed by atoms with Crippen molar-refractivity contribution >= 4 is 13.6 Å². The Balaban J connectivity index is 2.26. The fourth-order valence-corrected chi connectivity index (χ4v) is 3.90. The second kappa shape index (κ2) is 6.04. The molecule has 0 bridgehead atoms.